The molecule has 11 heteroatoms. The Morgan fingerprint density at radius 1 is 1.35 bits per heavy atom. The number of amides is 1. The Labute approximate surface area is 225 Å². The van der Waals surface area contributed by atoms with Gasteiger partial charge in [0, 0.05) is 31.1 Å². The van der Waals surface area contributed by atoms with Gasteiger partial charge in [0.15, 0.2) is 5.88 Å². The van der Waals surface area contributed by atoms with E-state index in [1.807, 2.05) is 36.3 Å². The summed E-state index contributed by atoms with van der Waals surface area (Å²) in [5.41, 5.74) is 13.6. The van der Waals surface area contributed by atoms with Crippen LogP contribution >= 0.6 is 23.1 Å². The molecule has 1 amide bonds. The SMILES string of the molecule is C=N/C(=C\SCNc1ccc(C(=O)N2[C@@H]3CC[C@H]2CC(O/C(N)=C/C=C\N)C3)cn1)c1sc(C)nc1C. The average Bonchev–Trinajstić information content (AvgIpc) is 3.36. The van der Waals surface area contributed by atoms with Crippen molar-refractivity contribution >= 4 is 47.2 Å². The van der Waals surface area contributed by atoms with Crippen molar-refractivity contribution < 1.29 is 9.53 Å². The van der Waals surface area contributed by atoms with Crippen LogP contribution in [-0.2, 0) is 4.74 Å². The van der Waals surface area contributed by atoms with Crippen LogP contribution in [0.5, 0.6) is 0 Å². The molecule has 2 aliphatic rings. The number of hydrogen-bond donors (Lipinski definition) is 3. The Bertz CT molecular complexity index is 1190. The van der Waals surface area contributed by atoms with Crippen LogP contribution in [0.4, 0.5) is 5.82 Å². The van der Waals surface area contributed by atoms with Crippen LogP contribution < -0.4 is 16.8 Å². The van der Waals surface area contributed by atoms with E-state index in [2.05, 4.69) is 27.0 Å². The minimum absolute atomic E-state index is 0.000970. The highest BCUT2D eigenvalue weighted by atomic mass is 32.2. The number of aryl methyl sites for hydroxylation is 2. The number of fused-ring (bicyclic) bond motifs is 2. The quantitative estimate of drug-likeness (QED) is 0.133. The number of thioether (sulfide) groups is 1. The molecule has 0 aliphatic carbocycles. The number of rotatable bonds is 10. The van der Waals surface area contributed by atoms with Crippen molar-refractivity contribution in [3.05, 3.63) is 69.1 Å². The van der Waals surface area contributed by atoms with Crippen LogP contribution in [0.1, 0.15) is 51.6 Å². The van der Waals surface area contributed by atoms with E-state index in [-0.39, 0.29) is 24.1 Å². The minimum Gasteiger partial charge on any atom is -0.476 e. The zero-order valence-corrected chi connectivity index (χ0v) is 22.7. The van der Waals surface area contributed by atoms with Gasteiger partial charge in [-0.25, -0.2) is 9.97 Å². The summed E-state index contributed by atoms with van der Waals surface area (Å²) in [7, 11) is 0. The maximum absolute atomic E-state index is 13.3. The Morgan fingerprint density at radius 3 is 2.70 bits per heavy atom. The molecular formula is C26H33N7O2S2. The van der Waals surface area contributed by atoms with Crippen molar-refractivity contribution in [1.82, 2.24) is 14.9 Å². The van der Waals surface area contributed by atoms with Crippen LogP contribution in [0.2, 0.25) is 0 Å². The third-order valence-electron chi connectivity index (χ3n) is 6.45. The number of ether oxygens (including phenoxy) is 1. The summed E-state index contributed by atoms with van der Waals surface area (Å²) in [4.78, 5) is 29.4. The fraction of sp³-hybridized carbons (Fsp3) is 0.385. The molecule has 0 spiro atoms. The van der Waals surface area contributed by atoms with Gasteiger partial charge >= 0.3 is 0 Å². The number of carbonyl (C=O) groups is 1. The maximum atomic E-state index is 13.3. The monoisotopic (exact) mass is 539 g/mol. The van der Waals surface area contributed by atoms with E-state index in [4.69, 9.17) is 16.2 Å². The summed E-state index contributed by atoms with van der Waals surface area (Å²) in [5, 5.41) is 6.25. The summed E-state index contributed by atoms with van der Waals surface area (Å²) < 4.78 is 5.88. The predicted molar refractivity (Wildman–Crippen MR) is 152 cm³/mol. The third-order valence-corrected chi connectivity index (χ3v) is 8.24. The first kappa shape index (κ1) is 26.7. The molecule has 5 N–H and O–H groups in total. The number of piperidine rings is 1. The number of anilines is 1. The van der Waals surface area contributed by atoms with Gasteiger partial charge in [-0.2, -0.15) is 0 Å². The molecule has 2 aliphatic heterocycles. The topological polar surface area (TPSA) is 132 Å². The van der Waals surface area contributed by atoms with E-state index in [9.17, 15) is 4.79 Å². The van der Waals surface area contributed by atoms with E-state index < -0.39 is 0 Å². The highest BCUT2D eigenvalue weighted by molar-refractivity contribution is 8.02. The molecule has 2 saturated heterocycles. The van der Waals surface area contributed by atoms with Crippen molar-refractivity contribution in [3.63, 3.8) is 0 Å². The first-order valence-electron chi connectivity index (χ1n) is 12.2. The molecule has 0 saturated carbocycles. The van der Waals surface area contributed by atoms with E-state index in [0.717, 1.165) is 47.0 Å². The predicted octanol–water partition coefficient (Wildman–Crippen LogP) is 4.38. The Balaban J connectivity index is 1.30. The maximum Gasteiger partial charge on any atom is 0.255 e. The highest BCUT2D eigenvalue weighted by Crippen LogP contribution is 2.38. The number of aliphatic imine (C=N–C) groups is 1. The van der Waals surface area contributed by atoms with Gasteiger partial charge in [-0.3, -0.25) is 9.79 Å². The van der Waals surface area contributed by atoms with Crippen molar-refractivity contribution in [2.24, 2.45) is 16.5 Å². The van der Waals surface area contributed by atoms with Gasteiger partial charge in [0.05, 0.1) is 32.7 Å². The third kappa shape index (κ3) is 6.53. The van der Waals surface area contributed by atoms with Crippen molar-refractivity contribution in [3.8, 4) is 0 Å². The summed E-state index contributed by atoms with van der Waals surface area (Å²) in [5.74, 6) is 1.68. The Hall–Kier alpha value is -3.31. The molecule has 196 valence electrons. The smallest absolute Gasteiger partial charge is 0.255 e. The van der Waals surface area contributed by atoms with Crippen LogP contribution in [0.25, 0.3) is 5.70 Å². The first-order valence-corrected chi connectivity index (χ1v) is 14.0. The van der Waals surface area contributed by atoms with Crippen LogP contribution in [0.15, 0.2) is 53.0 Å². The summed E-state index contributed by atoms with van der Waals surface area (Å²) in [6, 6.07) is 3.97. The molecule has 37 heavy (non-hydrogen) atoms. The number of thiazole rings is 1. The molecule has 0 radical (unpaired) electrons. The largest absolute Gasteiger partial charge is 0.476 e. The van der Waals surface area contributed by atoms with Gasteiger partial charge < -0.3 is 26.4 Å². The van der Waals surface area contributed by atoms with Gasteiger partial charge in [-0.05, 0) is 69.3 Å². The second-order valence-corrected chi connectivity index (χ2v) is 11.1. The molecule has 1 unspecified atom stereocenters. The molecule has 2 fully saturated rings. The van der Waals surface area contributed by atoms with E-state index in [0.29, 0.717) is 23.1 Å². The second kappa shape index (κ2) is 12.3. The number of nitrogens with zero attached hydrogens (tertiary/aromatic N) is 4. The summed E-state index contributed by atoms with van der Waals surface area (Å²) in [6.07, 6.45) is 9.83. The average molecular weight is 540 g/mol. The van der Waals surface area contributed by atoms with Crippen LogP contribution in [-0.4, -0.2) is 51.6 Å². The van der Waals surface area contributed by atoms with Crippen LogP contribution in [0.3, 0.4) is 0 Å². The molecule has 3 atom stereocenters. The van der Waals surface area contributed by atoms with Crippen molar-refractivity contribution in [2.45, 2.75) is 57.7 Å². The van der Waals surface area contributed by atoms with Gasteiger partial charge in [0.2, 0.25) is 0 Å². The molecule has 2 bridgehead atoms. The fourth-order valence-corrected chi connectivity index (χ4v) is 6.52. The summed E-state index contributed by atoms with van der Waals surface area (Å²) in [6.45, 7) is 7.65. The van der Waals surface area contributed by atoms with Crippen molar-refractivity contribution in [2.75, 3.05) is 11.2 Å². The second-order valence-electron chi connectivity index (χ2n) is 8.99. The molecule has 4 rings (SSSR count). The number of nitrogens with one attached hydrogen (secondary N) is 1. The lowest BCUT2D eigenvalue weighted by molar-refractivity contribution is 0.0132. The highest BCUT2D eigenvalue weighted by Gasteiger charge is 2.44. The molecule has 0 aromatic carbocycles. The minimum atomic E-state index is 0.000970. The molecule has 4 heterocycles. The molecule has 2 aromatic heterocycles. The number of allylic oxidation sites excluding steroid dienone is 2. The lowest BCUT2D eigenvalue weighted by atomic mass is 9.98. The summed E-state index contributed by atoms with van der Waals surface area (Å²) >= 11 is 3.18. The van der Waals surface area contributed by atoms with Crippen LogP contribution in [0, 0.1) is 13.8 Å². The lowest BCUT2D eigenvalue weighted by Crippen LogP contribution is -2.48. The Kier molecular flexibility index (Phi) is 8.88. The number of pyridine rings is 1. The molecule has 9 nitrogen and oxygen atoms in total. The number of aromatic nitrogens is 2. The Morgan fingerprint density at radius 2 is 2.11 bits per heavy atom. The van der Waals surface area contributed by atoms with E-state index >= 15 is 0 Å². The molecular weight excluding hydrogens is 506 g/mol. The normalized spacial score (nSPS) is 21.9. The number of nitrogens with two attached hydrogens (primary N) is 2. The zero-order chi connectivity index (χ0) is 26.4. The van der Waals surface area contributed by atoms with Gasteiger partial charge in [0.1, 0.15) is 11.9 Å². The van der Waals surface area contributed by atoms with E-state index in [1.54, 1.807) is 41.4 Å². The van der Waals surface area contributed by atoms with Gasteiger partial charge in [-0.1, -0.05) is 0 Å². The standard InChI is InChI=1S/C26H33N7O2S2/c1-16-25(37-17(2)32-16)22(29-3)14-36-15-31-24-9-6-18(13-30-24)26(34)33-19-7-8-20(33)12-21(11-19)35-23(28)5-4-10-27/h4-6,9-10,13-14,19-21H,3,7-8,11-12,15,27-28H2,1-2H3,(H,30,31)/b10-4-,22-14-,23-5+/t19-,20+,21?. The van der Waals surface area contributed by atoms with Crippen molar-refractivity contribution in [1.29, 1.82) is 0 Å². The fourth-order valence-electron chi connectivity index (χ4n) is 4.88. The number of hydrogen-bond acceptors (Lipinski definition) is 10. The van der Waals surface area contributed by atoms with E-state index in [1.165, 1.54) is 6.20 Å². The lowest BCUT2D eigenvalue weighted by Gasteiger charge is -2.38. The molecule has 2 aromatic rings. The zero-order valence-electron chi connectivity index (χ0n) is 21.1. The first-order chi connectivity index (χ1) is 17.9. The van der Waals surface area contributed by atoms with Gasteiger partial charge in [-0.15, -0.1) is 23.1 Å². The number of carbonyl (C=O) groups excluding carboxylic acids is 1. The van der Waals surface area contributed by atoms with Gasteiger partial charge in [0.25, 0.3) is 5.91 Å².